The molecule has 2 rings (SSSR count). The van der Waals surface area contributed by atoms with Gasteiger partial charge in [0.05, 0.1) is 6.42 Å². The van der Waals surface area contributed by atoms with E-state index < -0.39 is 0 Å². The summed E-state index contributed by atoms with van der Waals surface area (Å²) < 4.78 is 4.92. The zero-order chi connectivity index (χ0) is 9.84. The van der Waals surface area contributed by atoms with E-state index in [9.17, 15) is 4.79 Å². The zero-order valence-corrected chi connectivity index (χ0v) is 8.26. The van der Waals surface area contributed by atoms with Crippen molar-refractivity contribution >= 4 is 5.97 Å². The summed E-state index contributed by atoms with van der Waals surface area (Å²) in [5.74, 6) is 0.575. The van der Waals surface area contributed by atoms with Crippen LogP contribution in [-0.2, 0) is 11.2 Å². The van der Waals surface area contributed by atoms with Gasteiger partial charge in [-0.25, -0.2) is 0 Å². The largest absolute Gasteiger partial charge is 0.426 e. The maximum Gasteiger partial charge on any atom is 0.315 e. The van der Waals surface area contributed by atoms with Crippen molar-refractivity contribution in [3.8, 4) is 5.75 Å². The minimum Gasteiger partial charge on any atom is -0.426 e. The average molecular weight is 178 g/mol. The van der Waals surface area contributed by atoms with Crippen molar-refractivity contribution in [2.45, 2.75) is 27.2 Å². The molecule has 70 valence electrons. The Balaban J connectivity index is 0.000000396. The first-order valence-corrected chi connectivity index (χ1v) is 4.56. The average Bonchev–Trinajstić information content (AvgIpc) is 2.48. The van der Waals surface area contributed by atoms with Crippen LogP contribution < -0.4 is 4.74 Å². The van der Waals surface area contributed by atoms with Crippen LogP contribution in [0.3, 0.4) is 0 Å². The van der Waals surface area contributed by atoms with Gasteiger partial charge in [0.25, 0.3) is 0 Å². The fraction of sp³-hybridized carbons (Fsp3) is 0.364. The van der Waals surface area contributed by atoms with E-state index in [1.807, 2.05) is 39.0 Å². The molecule has 2 nitrogen and oxygen atoms in total. The fourth-order valence-corrected chi connectivity index (χ4v) is 1.26. The highest BCUT2D eigenvalue weighted by Crippen LogP contribution is 2.26. The number of carbonyl (C=O) groups excluding carboxylic acids is 1. The minimum absolute atomic E-state index is 0.148. The maximum atomic E-state index is 10.8. The van der Waals surface area contributed by atoms with Gasteiger partial charge in [-0.15, -0.1) is 0 Å². The number of esters is 1. The van der Waals surface area contributed by atoms with Gasteiger partial charge in [0.1, 0.15) is 5.75 Å². The number of carbonyl (C=O) groups is 1. The first kappa shape index (κ1) is 9.78. The second-order valence-corrected chi connectivity index (χ2v) is 2.76. The van der Waals surface area contributed by atoms with Crippen molar-refractivity contribution in [1.29, 1.82) is 0 Å². The molecule has 13 heavy (non-hydrogen) atoms. The molecule has 0 unspecified atom stereocenters. The van der Waals surface area contributed by atoms with E-state index >= 15 is 0 Å². The Hall–Kier alpha value is -1.31. The first-order chi connectivity index (χ1) is 6.25. The van der Waals surface area contributed by atoms with E-state index in [-0.39, 0.29) is 5.97 Å². The molecule has 0 aliphatic carbocycles. The molecule has 0 atom stereocenters. The highest BCUT2D eigenvalue weighted by atomic mass is 16.5. The molecule has 0 saturated carbocycles. The zero-order valence-electron chi connectivity index (χ0n) is 8.26. The molecular formula is C11H14O2. The van der Waals surface area contributed by atoms with Crippen LogP contribution in [0.4, 0.5) is 0 Å². The van der Waals surface area contributed by atoms with Gasteiger partial charge < -0.3 is 4.74 Å². The first-order valence-electron chi connectivity index (χ1n) is 4.56. The summed E-state index contributed by atoms with van der Waals surface area (Å²) in [4.78, 5) is 10.8. The Morgan fingerprint density at radius 2 is 2.00 bits per heavy atom. The molecule has 1 aliphatic rings. The van der Waals surface area contributed by atoms with Crippen LogP contribution in [0.2, 0.25) is 0 Å². The molecule has 0 aromatic heterocycles. The lowest BCUT2D eigenvalue weighted by molar-refractivity contribution is -0.131. The van der Waals surface area contributed by atoms with Crippen LogP contribution in [0.1, 0.15) is 25.0 Å². The monoisotopic (exact) mass is 178 g/mol. The second-order valence-electron chi connectivity index (χ2n) is 2.76. The van der Waals surface area contributed by atoms with Crippen molar-refractivity contribution in [1.82, 2.24) is 0 Å². The highest BCUT2D eigenvalue weighted by Gasteiger charge is 2.19. The predicted octanol–water partition coefficient (Wildman–Crippen LogP) is 2.48. The van der Waals surface area contributed by atoms with Crippen molar-refractivity contribution in [3.05, 3.63) is 29.3 Å². The number of rotatable bonds is 0. The third-order valence-corrected chi connectivity index (χ3v) is 1.77. The number of hydrogen-bond acceptors (Lipinski definition) is 2. The molecule has 1 aromatic carbocycles. The molecule has 0 amide bonds. The molecule has 0 bridgehead atoms. The van der Waals surface area contributed by atoms with Crippen LogP contribution >= 0.6 is 0 Å². The van der Waals surface area contributed by atoms with Crippen molar-refractivity contribution in [2.75, 3.05) is 0 Å². The summed E-state index contributed by atoms with van der Waals surface area (Å²) in [5, 5.41) is 0. The van der Waals surface area contributed by atoms with Gasteiger partial charge in [0, 0.05) is 5.56 Å². The van der Waals surface area contributed by atoms with Gasteiger partial charge in [0.2, 0.25) is 0 Å². The standard InChI is InChI=1S/C9H8O2.C2H6/c1-6-2-3-8-7(4-6)5-9(10)11-8;1-2/h2-4H,5H2,1H3;1-2H3. The summed E-state index contributed by atoms with van der Waals surface area (Å²) in [7, 11) is 0. The van der Waals surface area contributed by atoms with Crippen molar-refractivity contribution in [3.63, 3.8) is 0 Å². The Morgan fingerprint density at radius 3 is 2.69 bits per heavy atom. The van der Waals surface area contributed by atoms with Gasteiger partial charge in [-0.2, -0.15) is 0 Å². The molecule has 0 spiro atoms. The molecule has 2 heteroatoms. The van der Waals surface area contributed by atoms with Gasteiger partial charge in [-0.05, 0) is 13.0 Å². The number of fused-ring (bicyclic) bond motifs is 1. The van der Waals surface area contributed by atoms with E-state index in [0.717, 1.165) is 11.3 Å². The topological polar surface area (TPSA) is 26.3 Å². The molecule has 1 aromatic rings. The second kappa shape index (κ2) is 4.08. The van der Waals surface area contributed by atoms with Crippen molar-refractivity contribution in [2.24, 2.45) is 0 Å². The van der Waals surface area contributed by atoms with Gasteiger partial charge in [-0.1, -0.05) is 31.5 Å². The summed E-state index contributed by atoms with van der Waals surface area (Å²) in [5.41, 5.74) is 2.18. The summed E-state index contributed by atoms with van der Waals surface area (Å²) in [6.45, 7) is 6.00. The van der Waals surface area contributed by atoms with E-state index in [1.165, 1.54) is 5.56 Å². The molecule has 1 heterocycles. The summed E-state index contributed by atoms with van der Waals surface area (Å²) in [6, 6.07) is 5.77. The smallest absolute Gasteiger partial charge is 0.315 e. The lowest BCUT2D eigenvalue weighted by Crippen LogP contribution is -1.99. The van der Waals surface area contributed by atoms with Gasteiger partial charge in [-0.3, -0.25) is 4.79 Å². The maximum absolute atomic E-state index is 10.8. The molecular weight excluding hydrogens is 164 g/mol. The summed E-state index contributed by atoms with van der Waals surface area (Å²) in [6.07, 6.45) is 0.428. The van der Waals surface area contributed by atoms with Crippen LogP contribution in [-0.4, -0.2) is 5.97 Å². The Morgan fingerprint density at radius 1 is 1.31 bits per heavy atom. The quantitative estimate of drug-likeness (QED) is 0.450. The Bertz CT molecular complexity index is 316. The number of ether oxygens (including phenoxy) is 1. The van der Waals surface area contributed by atoms with E-state index in [2.05, 4.69) is 0 Å². The lowest BCUT2D eigenvalue weighted by Gasteiger charge is -1.96. The van der Waals surface area contributed by atoms with E-state index in [1.54, 1.807) is 0 Å². The van der Waals surface area contributed by atoms with Crippen LogP contribution in [0, 0.1) is 6.92 Å². The number of benzene rings is 1. The van der Waals surface area contributed by atoms with Crippen LogP contribution in [0.25, 0.3) is 0 Å². The van der Waals surface area contributed by atoms with Gasteiger partial charge >= 0.3 is 5.97 Å². The SMILES string of the molecule is CC.Cc1ccc2c(c1)CC(=O)O2. The van der Waals surface area contributed by atoms with Crippen molar-refractivity contribution < 1.29 is 9.53 Å². The molecule has 1 aliphatic heterocycles. The third-order valence-electron chi connectivity index (χ3n) is 1.77. The van der Waals surface area contributed by atoms with E-state index in [4.69, 9.17) is 4.74 Å². The number of aryl methyl sites for hydroxylation is 1. The molecule has 0 radical (unpaired) electrons. The lowest BCUT2D eigenvalue weighted by atomic mass is 10.1. The van der Waals surface area contributed by atoms with E-state index in [0.29, 0.717) is 6.42 Å². The van der Waals surface area contributed by atoms with Crippen LogP contribution in [0.5, 0.6) is 5.75 Å². The Labute approximate surface area is 78.5 Å². The summed E-state index contributed by atoms with van der Waals surface area (Å²) >= 11 is 0. The minimum atomic E-state index is -0.148. The Kier molecular flexibility index (Phi) is 3.07. The molecule has 0 N–H and O–H groups in total. The molecule has 0 fully saturated rings. The fourth-order valence-electron chi connectivity index (χ4n) is 1.26. The number of hydrogen-bond donors (Lipinski definition) is 0. The third kappa shape index (κ3) is 2.08. The predicted molar refractivity (Wildman–Crippen MR) is 51.9 cm³/mol. The highest BCUT2D eigenvalue weighted by molar-refractivity contribution is 5.80. The molecule has 0 saturated heterocycles. The van der Waals surface area contributed by atoms with Crippen LogP contribution in [0.15, 0.2) is 18.2 Å². The normalized spacial score (nSPS) is 12.7. The van der Waals surface area contributed by atoms with Gasteiger partial charge in [0.15, 0.2) is 0 Å².